The number of nitrogens with zero attached hydrogens (tertiary/aromatic N) is 1. The quantitative estimate of drug-likeness (QED) is 0.148. The lowest BCUT2D eigenvalue weighted by molar-refractivity contribution is -0.465. The molecule has 11 heteroatoms. The van der Waals surface area contributed by atoms with Crippen molar-refractivity contribution in [2.45, 2.75) is 12.8 Å². The van der Waals surface area contributed by atoms with Gasteiger partial charge < -0.3 is 24.9 Å². The standard InChI is InChI=1S/C19H17F5N2O4/c1-28-13-8-10(11(27)9-26-25)4-5-12(13)29-6-2-3-7-30-19-17(23)15(21)14(20)16(22)18(19)24/h4-5,8,26H,2-3,6-7,9H2,1H3. The predicted octanol–water partition coefficient (Wildman–Crippen LogP) is 2.91. The number of ether oxygens (including phenoxy) is 3. The van der Waals surface area contributed by atoms with Crippen LogP contribution >= 0.6 is 0 Å². The third kappa shape index (κ3) is 5.22. The Bertz CT molecular complexity index is 911. The second kappa shape index (κ2) is 10.5. The van der Waals surface area contributed by atoms with E-state index >= 15 is 0 Å². The number of halogens is 5. The van der Waals surface area contributed by atoms with Crippen LogP contribution in [0, 0.1) is 29.1 Å². The van der Waals surface area contributed by atoms with Gasteiger partial charge in [0.05, 0.1) is 20.3 Å². The molecule has 1 N–H and O–H groups in total. The molecule has 0 spiro atoms. The van der Waals surface area contributed by atoms with Gasteiger partial charge in [-0.2, -0.15) is 8.78 Å². The molecule has 0 amide bonds. The summed E-state index contributed by atoms with van der Waals surface area (Å²) in [6.07, 6.45) is 0.522. The maximum Gasteiger partial charge on any atom is 0.226 e. The molecular weight excluding hydrogens is 415 g/mol. The van der Waals surface area contributed by atoms with Gasteiger partial charge in [0.15, 0.2) is 23.8 Å². The molecule has 2 aromatic rings. The molecule has 0 aliphatic heterocycles. The van der Waals surface area contributed by atoms with Crippen molar-refractivity contribution >= 4 is 5.78 Å². The van der Waals surface area contributed by atoms with E-state index in [1.165, 1.54) is 25.3 Å². The number of benzene rings is 2. The fraction of sp³-hybridized carbons (Fsp3) is 0.316. The Morgan fingerprint density at radius 1 is 0.900 bits per heavy atom. The molecule has 0 aliphatic rings. The van der Waals surface area contributed by atoms with Gasteiger partial charge in [-0.25, -0.2) is 13.2 Å². The molecule has 0 aromatic heterocycles. The van der Waals surface area contributed by atoms with Crippen molar-refractivity contribution in [3.8, 4) is 17.2 Å². The van der Waals surface area contributed by atoms with Gasteiger partial charge in [-0.15, -0.1) is 0 Å². The smallest absolute Gasteiger partial charge is 0.226 e. The van der Waals surface area contributed by atoms with Gasteiger partial charge in [0, 0.05) is 5.56 Å². The maximum atomic E-state index is 13.5. The van der Waals surface area contributed by atoms with Crippen LogP contribution in [0.15, 0.2) is 18.2 Å². The van der Waals surface area contributed by atoms with Crippen molar-refractivity contribution in [1.29, 1.82) is 0 Å². The van der Waals surface area contributed by atoms with Crippen molar-refractivity contribution < 1.29 is 46.1 Å². The minimum Gasteiger partial charge on any atom is -0.508 e. The monoisotopic (exact) mass is 432 g/mol. The summed E-state index contributed by atoms with van der Waals surface area (Å²) >= 11 is 0. The molecule has 0 radical (unpaired) electrons. The summed E-state index contributed by atoms with van der Waals surface area (Å²) in [6.45, 7) is -0.449. The molecule has 0 aliphatic carbocycles. The average Bonchev–Trinajstić information content (AvgIpc) is 2.75. The van der Waals surface area contributed by atoms with E-state index in [4.69, 9.17) is 19.7 Å². The zero-order valence-corrected chi connectivity index (χ0v) is 15.7. The van der Waals surface area contributed by atoms with E-state index in [-0.39, 0.29) is 43.3 Å². The first-order valence-corrected chi connectivity index (χ1v) is 8.67. The van der Waals surface area contributed by atoms with Crippen LogP contribution in [-0.4, -0.2) is 32.7 Å². The number of hydrogen-bond acceptors (Lipinski definition) is 4. The summed E-state index contributed by atoms with van der Waals surface area (Å²) in [4.78, 5) is 11.7. The van der Waals surface area contributed by atoms with Crippen LogP contribution in [0.25, 0.3) is 5.53 Å². The summed E-state index contributed by atoms with van der Waals surface area (Å²) in [5.74, 6) is -11.5. The van der Waals surface area contributed by atoms with E-state index < -0.39 is 34.8 Å². The topological polar surface area (TPSA) is 81.0 Å². The van der Waals surface area contributed by atoms with Crippen LogP contribution in [-0.2, 0) is 0 Å². The van der Waals surface area contributed by atoms with Crippen LogP contribution in [0.5, 0.6) is 17.2 Å². The first kappa shape index (κ1) is 23.0. The molecule has 6 nitrogen and oxygen atoms in total. The minimum absolute atomic E-state index is 0.127. The lowest BCUT2D eigenvalue weighted by Crippen LogP contribution is -2.65. The summed E-state index contributed by atoms with van der Waals surface area (Å²) in [5, 5.41) is 1.76. The highest BCUT2D eigenvalue weighted by Gasteiger charge is 2.26. The zero-order valence-electron chi connectivity index (χ0n) is 15.7. The Balaban J connectivity index is 1.87. The first-order valence-electron chi connectivity index (χ1n) is 8.67. The highest BCUT2D eigenvalue weighted by Crippen LogP contribution is 2.30. The second-order valence-electron chi connectivity index (χ2n) is 5.93. The second-order valence-corrected chi connectivity index (χ2v) is 5.93. The lowest BCUT2D eigenvalue weighted by Gasteiger charge is -2.12. The molecular formula is C19H17F5N2O4. The normalized spacial score (nSPS) is 10.6. The molecule has 0 unspecified atom stereocenters. The maximum absolute atomic E-state index is 13.5. The number of nitrogens with one attached hydrogen (secondary N) is 1. The van der Waals surface area contributed by atoms with E-state index in [1.807, 2.05) is 0 Å². The summed E-state index contributed by atoms with van der Waals surface area (Å²) < 4.78 is 81.5. The Morgan fingerprint density at radius 3 is 2.03 bits per heavy atom. The predicted molar refractivity (Wildman–Crippen MR) is 93.0 cm³/mol. The van der Waals surface area contributed by atoms with Crippen LogP contribution in [0.3, 0.4) is 0 Å². The average molecular weight is 432 g/mol. The number of carbonyl (C=O) groups is 1. The van der Waals surface area contributed by atoms with E-state index in [1.54, 1.807) is 5.11 Å². The lowest BCUT2D eigenvalue weighted by atomic mass is 10.1. The molecule has 2 rings (SSSR count). The fourth-order valence-electron chi connectivity index (χ4n) is 2.41. The molecule has 0 bridgehead atoms. The van der Waals surface area contributed by atoms with Gasteiger partial charge in [0.1, 0.15) is 0 Å². The van der Waals surface area contributed by atoms with E-state index in [0.29, 0.717) is 12.2 Å². The van der Waals surface area contributed by atoms with Crippen molar-refractivity contribution in [1.82, 2.24) is 0 Å². The van der Waals surface area contributed by atoms with Crippen LogP contribution in [0.1, 0.15) is 23.2 Å². The highest BCUT2D eigenvalue weighted by atomic mass is 19.2. The zero-order chi connectivity index (χ0) is 22.3. The number of rotatable bonds is 11. The number of unbranched alkanes of at least 4 members (excludes halogenated alkanes) is 1. The first-order chi connectivity index (χ1) is 14.3. The number of carbonyl (C=O) groups excluding carboxylic acids is 1. The van der Waals surface area contributed by atoms with Gasteiger partial charge in [-0.05, 0) is 31.0 Å². The van der Waals surface area contributed by atoms with Gasteiger partial charge in [-0.1, -0.05) is 0 Å². The Kier molecular flexibility index (Phi) is 8.07. The Labute approximate surface area is 168 Å². The summed E-state index contributed by atoms with van der Waals surface area (Å²) in [5.41, 5.74) is 8.86. The van der Waals surface area contributed by atoms with Gasteiger partial charge >= 0.3 is 0 Å². The van der Waals surface area contributed by atoms with Crippen molar-refractivity contribution in [3.63, 3.8) is 0 Å². The third-order valence-corrected chi connectivity index (χ3v) is 3.94. The largest absolute Gasteiger partial charge is 0.508 e. The van der Waals surface area contributed by atoms with Crippen molar-refractivity contribution in [3.05, 3.63) is 58.4 Å². The molecule has 0 saturated carbocycles. The fourth-order valence-corrected chi connectivity index (χ4v) is 2.41. The van der Waals surface area contributed by atoms with E-state index in [9.17, 15) is 26.7 Å². The molecule has 30 heavy (non-hydrogen) atoms. The van der Waals surface area contributed by atoms with Gasteiger partial charge in [0.25, 0.3) is 0 Å². The van der Waals surface area contributed by atoms with Crippen LogP contribution in [0.2, 0.25) is 0 Å². The third-order valence-electron chi connectivity index (χ3n) is 3.94. The summed E-state index contributed by atoms with van der Waals surface area (Å²) in [7, 11) is 1.37. The number of methoxy groups -OCH3 is 1. The van der Waals surface area contributed by atoms with E-state index in [0.717, 1.165) is 0 Å². The number of ketones is 1. The van der Waals surface area contributed by atoms with Crippen molar-refractivity contribution in [2.24, 2.45) is 0 Å². The van der Waals surface area contributed by atoms with Crippen LogP contribution < -0.4 is 19.3 Å². The SMILES string of the molecule is COc1cc(C(=O)C[NH+]=[N-])ccc1OCCCCOc1c(F)c(F)c(F)c(F)c1F. The molecule has 0 fully saturated rings. The van der Waals surface area contributed by atoms with Gasteiger partial charge in [0.2, 0.25) is 34.9 Å². The van der Waals surface area contributed by atoms with Gasteiger partial charge in [-0.3, -0.25) is 4.79 Å². The molecule has 162 valence electrons. The molecule has 0 saturated heterocycles. The summed E-state index contributed by atoms with van der Waals surface area (Å²) in [6, 6.07) is 4.40. The Morgan fingerprint density at radius 2 is 1.47 bits per heavy atom. The Hall–Kier alpha value is -3.24. The number of Topliss-reactive ketones (excluding diaryl/α,β-unsaturated/α-hetero) is 1. The molecule has 2 aromatic carbocycles. The minimum atomic E-state index is -2.25. The number of hydrogen-bond donors (Lipinski definition) is 1. The molecule has 0 atom stereocenters. The highest BCUT2D eigenvalue weighted by molar-refractivity contribution is 5.97. The van der Waals surface area contributed by atoms with E-state index in [2.05, 4.69) is 0 Å². The van der Waals surface area contributed by atoms with Crippen LogP contribution in [0.4, 0.5) is 22.0 Å². The molecule has 0 heterocycles. The van der Waals surface area contributed by atoms with Crippen molar-refractivity contribution in [2.75, 3.05) is 26.9 Å².